The lowest BCUT2D eigenvalue weighted by molar-refractivity contribution is -0.121. The zero-order valence-corrected chi connectivity index (χ0v) is 22.9. The number of carbonyl (C=O) groups excluding carboxylic acids is 1. The van der Waals surface area contributed by atoms with Crippen LogP contribution < -0.4 is 15.2 Å². The Hall–Kier alpha value is -2.99. The molecule has 1 fully saturated rings. The first kappa shape index (κ1) is 28.0. The number of hydrogen-bond donors (Lipinski definition) is 1. The molecule has 0 spiro atoms. The summed E-state index contributed by atoms with van der Waals surface area (Å²) in [6, 6.07) is 7.82. The molecule has 4 rings (SSSR count). The van der Waals surface area contributed by atoms with Gasteiger partial charge in [-0.2, -0.15) is 26.7 Å². The van der Waals surface area contributed by atoms with Crippen molar-refractivity contribution in [3.05, 3.63) is 68.9 Å². The number of aromatic nitrogens is 3. The van der Waals surface area contributed by atoms with Crippen LogP contribution in [0.4, 0.5) is 13.2 Å². The molecule has 1 aliphatic rings. The van der Waals surface area contributed by atoms with E-state index < -0.39 is 21.4 Å². The largest absolute Gasteiger partial charge is 0.516 e. The third kappa shape index (κ3) is 6.01. The molecule has 0 aliphatic heterocycles. The van der Waals surface area contributed by atoms with Gasteiger partial charge in [-0.15, -0.1) is 0 Å². The van der Waals surface area contributed by atoms with E-state index in [1.165, 1.54) is 0 Å². The van der Waals surface area contributed by atoms with Crippen molar-refractivity contribution in [1.82, 2.24) is 19.3 Å². The summed E-state index contributed by atoms with van der Waals surface area (Å²) in [7, 11) is -5.69. The van der Waals surface area contributed by atoms with Crippen LogP contribution >= 0.6 is 15.9 Å². The van der Waals surface area contributed by atoms with Gasteiger partial charge in [0.05, 0.1) is 16.4 Å². The number of fused-ring (bicyclic) bond motifs is 1. The molecule has 1 N–H and O–H groups in total. The molecule has 38 heavy (non-hydrogen) atoms. The molecular weight excluding hydrogens is 585 g/mol. The minimum absolute atomic E-state index is 0.0638. The van der Waals surface area contributed by atoms with E-state index in [1.807, 2.05) is 49.5 Å². The van der Waals surface area contributed by atoms with E-state index in [0.29, 0.717) is 31.3 Å². The van der Waals surface area contributed by atoms with Crippen LogP contribution in [0.25, 0.3) is 23.9 Å². The third-order valence-corrected chi connectivity index (χ3v) is 8.44. The fraction of sp³-hybridized carbons (Fsp3) is 0.346. The monoisotopic (exact) mass is 610 g/mol. The highest BCUT2D eigenvalue weighted by Crippen LogP contribution is 2.39. The lowest BCUT2D eigenvalue weighted by Crippen LogP contribution is -2.40. The van der Waals surface area contributed by atoms with Crippen LogP contribution in [0.1, 0.15) is 56.2 Å². The number of allylic oxidation sites excluding steroid dienone is 2. The van der Waals surface area contributed by atoms with Gasteiger partial charge in [0.15, 0.2) is 5.65 Å². The van der Waals surface area contributed by atoms with Crippen molar-refractivity contribution in [2.24, 2.45) is 5.92 Å². The smallest absolute Gasteiger partial charge is 0.274 e. The summed E-state index contributed by atoms with van der Waals surface area (Å²) >= 11 is 3.60. The molecule has 0 atom stereocenters. The predicted molar refractivity (Wildman–Crippen MR) is 142 cm³/mol. The van der Waals surface area contributed by atoms with Crippen molar-refractivity contribution in [2.75, 3.05) is 0 Å². The average Bonchev–Trinajstić information content (AvgIpc) is 3.25. The minimum atomic E-state index is -5.69. The number of hydrogen-bond acceptors (Lipinski definition) is 5. The molecule has 1 amide bonds. The number of alkyl halides is 3. The summed E-state index contributed by atoms with van der Waals surface area (Å²) in [5.74, 6) is -1.29. The van der Waals surface area contributed by atoms with E-state index in [2.05, 4.69) is 27.6 Å². The minimum Gasteiger partial charge on any atom is -0.274 e. The number of rotatable bonds is 6. The molecule has 1 saturated carbocycles. The van der Waals surface area contributed by atoms with Gasteiger partial charge in [-0.05, 0) is 76.5 Å². The van der Waals surface area contributed by atoms with Gasteiger partial charge in [0.2, 0.25) is 5.91 Å². The molecule has 7 nitrogen and oxygen atoms in total. The molecule has 2 heterocycles. The molecule has 1 aromatic carbocycles. The maximum atomic E-state index is 12.5. The van der Waals surface area contributed by atoms with Crippen LogP contribution in [0.5, 0.6) is 0 Å². The van der Waals surface area contributed by atoms with Crippen LogP contribution in [0.3, 0.4) is 0 Å². The van der Waals surface area contributed by atoms with Crippen molar-refractivity contribution in [2.45, 2.75) is 50.5 Å². The number of nitrogens with one attached hydrogen (secondary N) is 1. The first-order chi connectivity index (χ1) is 17.9. The van der Waals surface area contributed by atoms with Crippen LogP contribution in [0.2, 0.25) is 0 Å². The summed E-state index contributed by atoms with van der Waals surface area (Å²) in [6.45, 7) is 6.03. The fourth-order valence-corrected chi connectivity index (χ4v) is 5.81. The summed E-state index contributed by atoms with van der Waals surface area (Å²) in [5.41, 5.74) is -2.19. The Balaban J connectivity index is 1.51. The van der Waals surface area contributed by atoms with Crippen LogP contribution in [-0.2, 0) is 14.8 Å². The Kier molecular flexibility index (Phi) is 8.12. The molecular formula is C26H26BrF3N4O3S. The normalized spacial score (nSPS) is 19.6. The summed E-state index contributed by atoms with van der Waals surface area (Å²) in [4.78, 5) is 16.9. The zero-order valence-electron chi connectivity index (χ0n) is 20.5. The molecule has 2 aromatic heterocycles. The van der Waals surface area contributed by atoms with Crippen LogP contribution in [0, 0.1) is 5.92 Å². The van der Waals surface area contributed by atoms with Crippen molar-refractivity contribution in [3.63, 3.8) is 0 Å². The van der Waals surface area contributed by atoms with E-state index in [4.69, 9.17) is 4.98 Å². The third-order valence-electron chi connectivity index (χ3n) is 6.72. The molecule has 0 bridgehead atoms. The van der Waals surface area contributed by atoms with E-state index >= 15 is 0 Å². The number of amides is 1. The lowest BCUT2D eigenvalue weighted by Gasteiger charge is -2.28. The van der Waals surface area contributed by atoms with Gasteiger partial charge < -0.3 is 0 Å². The van der Waals surface area contributed by atoms with Gasteiger partial charge in [-0.25, -0.2) is 14.2 Å². The van der Waals surface area contributed by atoms with Gasteiger partial charge in [0, 0.05) is 24.1 Å². The van der Waals surface area contributed by atoms with Crippen LogP contribution in [0.15, 0.2) is 47.2 Å². The molecule has 0 unspecified atom stereocenters. The van der Waals surface area contributed by atoms with Gasteiger partial charge in [0.1, 0.15) is 0 Å². The van der Waals surface area contributed by atoms with Crippen molar-refractivity contribution in [1.29, 1.82) is 0 Å². The predicted octanol–water partition coefficient (Wildman–Crippen LogP) is 4.42. The zero-order chi connectivity index (χ0) is 27.7. The fourth-order valence-electron chi connectivity index (χ4n) is 4.70. The molecule has 202 valence electrons. The lowest BCUT2D eigenvalue weighted by atomic mass is 9.79. The van der Waals surface area contributed by atoms with Crippen molar-refractivity contribution in [3.8, 4) is 0 Å². The highest BCUT2D eigenvalue weighted by atomic mass is 79.9. The first-order valence-corrected chi connectivity index (χ1v) is 14.3. The summed E-state index contributed by atoms with van der Waals surface area (Å²) in [5, 5.41) is 6.36. The summed E-state index contributed by atoms with van der Waals surface area (Å²) in [6.07, 6.45) is 9.80. The van der Waals surface area contributed by atoms with E-state index in [9.17, 15) is 26.4 Å². The van der Waals surface area contributed by atoms with E-state index in [1.54, 1.807) is 10.7 Å². The van der Waals surface area contributed by atoms with Gasteiger partial charge in [0.25, 0.3) is 0 Å². The highest BCUT2D eigenvalue weighted by molar-refractivity contribution is 9.10. The molecule has 12 heteroatoms. The Labute approximate surface area is 226 Å². The van der Waals surface area contributed by atoms with Gasteiger partial charge >= 0.3 is 15.5 Å². The van der Waals surface area contributed by atoms with E-state index in [-0.39, 0.29) is 18.3 Å². The maximum Gasteiger partial charge on any atom is 0.516 e. The van der Waals surface area contributed by atoms with Gasteiger partial charge in [-0.3, -0.25) is 4.79 Å². The Morgan fingerprint density at radius 2 is 1.92 bits per heavy atom. The van der Waals surface area contributed by atoms with Gasteiger partial charge in [-0.1, -0.05) is 36.9 Å². The standard InChI is InChI=1S/C26H26BrF3N4O3S/c1-3-18(13-20-7-5-4-6-16(20)2)21-14-31-34-15-22(27)24(32-25(21)34)19-10-8-17(9-11-19)12-23(35)33-38(36,37)26(28,29)30/h3-7,13-15,17,19H,2,8-12H2,1H3,(H,33,35)/b18-3+,20-13-. The Morgan fingerprint density at radius 1 is 1.24 bits per heavy atom. The summed E-state index contributed by atoms with van der Waals surface area (Å²) < 4.78 is 63.6. The quantitative estimate of drug-likeness (QED) is 0.446. The average molecular weight is 611 g/mol. The van der Waals surface area contributed by atoms with E-state index in [0.717, 1.165) is 36.5 Å². The molecule has 3 aromatic rings. The Morgan fingerprint density at radius 3 is 2.55 bits per heavy atom. The first-order valence-electron chi connectivity index (χ1n) is 12.0. The number of halogens is 4. The number of benzene rings is 1. The number of nitrogens with zero attached hydrogens (tertiary/aromatic N) is 3. The van der Waals surface area contributed by atoms with Crippen molar-refractivity contribution >= 4 is 55.7 Å². The maximum absolute atomic E-state index is 12.5. The topological polar surface area (TPSA) is 93.4 Å². The number of carbonyl (C=O) groups is 1. The molecule has 0 saturated heterocycles. The Bertz CT molecular complexity index is 1610. The molecule has 1 aliphatic carbocycles. The second kappa shape index (κ2) is 11.0. The highest BCUT2D eigenvalue weighted by Gasteiger charge is 2.47. The number of sulfonamides is 1. The second-order valence-corrected chi connectivity index (χ2v) is 11.8. The molecule has 0 radical (unpaired) electrons. The van der Waals surface area contributed by atoms with Crippen molar-refractivity contribution < 1.29 is 26.4 Å². The van der Waals surface area contributed by atoms with Crippen LogP contribution in [-0.4, -0.2) is 34.4 Å². The SMILES string of the molecule is C=c1cccc/c1=C/C(=C\C)c1cnn2cc(Br)c(C3CCC(CC(=O)NS(=O)(=O)C(F)(F)F)CC3)nc12. The second-order valence-electron chi connectivity index (χ2n) is 9.28.